The number of ketones is 1. The Labute approximate surface area is 329 Å². The van der Waals surface area contributed by atoms with Gasteiger partial charge in [-0.15, -0.1) is 0 Å². The third kappa shape index (κ3) is 26.0. The lowest BCUT2D eigenvalue weighted by Gasteiger charge is -2.22. The maximum atomic E-state index is 11.2. The summed E-state index contributed by atoms with van der Waals surface area (Å²) in [6.45, 7) is 26.9. The lowest BCUT2D eigenvalue weighted by atomic mass is 9.84. The number of Topliss-reactive ketones (excluding diaryl/α,β-unsaturated/α-hetero) is 1. The maximum absolute atomic E-state index is 11.2. The standard InChI is InChI=1S/C22H28O.C13H19N3.C8H16.3C2H6/c1-3-4-5-6-7-8-19-9-13-21(14-10-19)22-15-11-20(12-16-22)17-18(2)23;1-5-6-7-8-12-9-13(16(3)4)15-11(2)14-10-12;1-7-3-5-8(2)6-4-7;3*1-2/h9-16H,3-8,17H2,1-2H3;5-8H,1,9-10H2,2-4H3;7-8H,3-6H2,1-2H3;3*1-2H3/b;7-6-,12-8-;;;;. The third-order valence-corrected chi connectivity index (χ3v) is 8.85. The van der Waals surface area contributed by atoms with Gasteiger partial charge in [0.2, 0.25) is 0 Å². The monoisotopic (exact) mass is 728 g/mol. The van der Waals surface area contributed by atoms with E-state index >= 15 is 0 Å². The van der Waals surface area contributed by atoms with Crippen LogP contribution in [0.5, 0.6) is 0 Å². The SMILES string of the molecule is C=C/C=C\C=C1/CN=C(C)N=C(N(C)C)C1.CC.CC.CC.CC1CCC(C)CC1.CCCCCCCc1ccc(-c2ccc(CC(C)=O)cc2)cc1. The molecule has 2 aromatic rings. The quantitative estimate of drug-likeness (QED) is 0.171. The molecule has 1 aliphatic carbocycles. The van der Waals surface area contributed by atoms with E-state index in [-0.39, 0.29) is 5.78 Å². The van der Waals surface area contributed by atoms with Crippen molar-refractivity contribution in [2.75, 3.05) is 20.6 Å². The van der Waals surface area contributed by atoms with Crippen molar-refractivity contribution in [2.24, 2.45) is 21.8 Å². The normalized spacial score (nSPS) is 16.8. The minimum absolute atomic E-state index is 0.209. The molecule has 0 radical (unpaired) electrons. The molecule has 4 heteroatoms. The first-order valence-corrected chi connectivity index (χ1v) is 21.0. The van der Waals surface area contributed by atoms with Gasteiger partial charge in [0.15, 0.2) is 0 Å². The summed E-state index contributed by atoms with van der Waals surface area (Å²) < 4.78 is 0. The van der Waals surface area contributed by atoms with Crippen LogP contribution in [0.2, 0.25) is 0 Å². The summed E-state index contributed by atoms with van der Waals surface area (Å²) >= 11 is 0. The van der Waals surface area contributed by atoms with Crippen molar-refractivity contribution < 1.29 is 4.79 Å². The minimum Gasteiger partial charge on any atom is -0.366 e. The highest BCUT2D eigenvalue weighted by molar-refractivity contribution is 5.97. The number of aryl methyl sites for hydroxylation is 1. The molecule has 0 amide bonds. The minimum atomic E-state index is 0.209. The van der Waals surface area contributed by atoms with Gasteiger partial charge in [0, 0.05) is 26.9 Å². The molecule has 0 unspecified atom stereocenters. The number of unbranched alkanes of at least 4 members (excludes halogenated alkanes) is 4. The van der Waals surface area contributed by atoms with Gasteiger partial charge < -0.3 is 4.90 Å². The molecule has 4 rings (SSSR count). The zero-order chi connectivity index (χ0) is 40.4. The molecule has 1 saturated carbocycles. The Hall–Kier alpha value is -3.53. The maximum Gasteiger partial charge on any atom is 0.134 e. The van der Waals surface area contributed by atoms with Crippen LogP contribution in [0.1, 0.15) is 151 Å². The molecule has 0 atom stereocenters. The number of allylic oxidation sites excluding steroid dienone is 4. The first-order valence-electron chi connectivity index (χ1n) is 21.0. The van der Waals surface area contributed by atoms with Crippen molar-refractivity contribution in [3.8, 4) is 11.1 Å². The number of nitrogens with zero attached hydrogens (tertiary/aromatic N) is 3. The summed E-state index contributed by atoms with van der Waals surface area (Å²) in [6.07, 6.45) is 22.9. The molecule has 0 spiro atoms. The number of aliphatic imine (C=N–C) groups is 2. The van der Waals surface area contributed by atoms with Crippen molar-refractivity contribution in [1.82, 2.24) is 4.90 Å². The number of carbonyl (C=O) groups excluding carboxylic acids is 1. The van der Waals surface area contributed by atoms with Crippen LogP contribution in [0.3, 0.4) is 0 Å². The second-order valence-electron chi connectivity index (χ2n) is 13.7. The molecule has 1 fully saturated rings. The number of amidine groups is 2. The van der Waals surface area contributed by atoms with E-state index in [9.17, 15) is 4.79 Å². The molecule has 0 saturated heterocycles. The molecule has 0 N–H and O–H groups in total. The van der Waals surface area contributed by atoms with E-state index in [0.29, 0.717) is 6.42 Å². The first kappa shape index (κ1) is 51.6. The van der Waals surface area contributed by atoms with Gasteiger partial charge in [-0.05, 0) is 66.4 Å². The van der Waals surface area contributed by atoms with Gasteiger partial charge in [0.1, 0.15) is 17.5 Å². The second kappa shape index (κ2) is 34.3. The van der Waals surface area contributed by atoms with Crippen molar-refractivity contribution in [3.63, 3.8) is 0 Å². The molecule has 53 heavy (non-hydrogen) atoms. The number of rotatable bonds is 11. The van der Waals surface area contributed by atoms with E-state index in [1.165, 1.54) is 86.5 Å². The Kier molecular flexibility index (Phi) is 33.3. The summed E-state index contributed by atoms with van der Waals surface area (Å²) in [7, 11) is 4.02. The summed E-state index contributed by atoms with van der Waals surface area (Å²) in [5.41, 5.74) is 6.24. The fraction of sp³-hybridized carbons (Fsp3) is 0.571. The van der Waals surface area contributed by atoms with E-state index in [2.05, 4.69) is 91.9 Å². The van der Waals surface area contributed by atoms with E-state index in [1.807, 2.05) is 79.6 Å². The van der Waals surface area contributed by atoms with Crippen LogP contribution in [0, 0.1) is 11.8 Å². The molecule has 0 aromatic heterocycles. The van der Waals surface area contributed by atoms with E-state index in [4.69, 9.17) is 0 Å². The summed E-state index contributed by atoms with van der Waals surface area (Å²) in [5.74, 6) is 4.15. The number of carbonyl (C=O) groups is 1. The Morgan fingerprint density at radius 1 is 0.774 bits per heavy atom. The third-order valence-electron chi connectivity index (χ3n) is 8.85. The molecule has 2 aliphatic rings. The smallest absolute Gasteiger partial charge is 0.134 e. The average molecular weight is 728 g/mol. The van der Waals surface area contributed by atoms with Crippen molar-refractivity contribution in [1.29, 1.82) is 0 Å². The highest BCUT2D eigenvalue weighted by Gasteiger charge is 2.13. The lowest BCUT2D eigenvalue weighted by Crippen LogP contribution is -2.22. The zero-order valence-corrected chi connectivity index (χ0v) is 36.7. The fourth-order valence-corrected chi connectivity index (χ4v) is 5.70. The van der Waals surface area contributed by atoms with Gasteiger partial charge in [-0.3, -0.25) is 9.79 Å². The number of benzene rings is 2. The molecule has 1 aliphatic heterocycles. The van der Waals surface area contributed by atoms with E-state index in [1.54, 1.807) is 13.0 Å². The second-order valence-corrected chi connectivity index (χ2v) is 13.7. The van der Waals surface area contributed by atoms with E-state index in [0.717, 1.165) is 42.0 Å². The van der Waals surface area contributed by atoms with Crippen LogP contribution >= 0.6 is 0 Å². The largest absolute Gasteiger partial charge is 0.366 e. The van der Waals surface area contributed by atoms with Crippen LogP contribution in [-0.2, 0) is 17.6 Å². The summed E-state index contributed by atoms with van der Waals surface area (Å²) in [4.78, 5) is 22.0. The van der Waals surface area contributed by atoms with Gasteiger partial charge in [0.25, 0.3) is 0 Å². The predicted octanol–water partition coefficient (Wildman–Crippen LogP) is 14.3. The van der Waals surface area contributed by atoms with Crippen molar-refractivity contribution >= 4 is 17.5 Å². The Balaban J connectivity index is 0. The molecular weight excluding hydrogens is 647 g/mol. The van der Waals surface area contributed by atoms with Crippen LogP contribution in [0.4, 0.5) is 0 Å². The molecule has 2 aromatic carbocycles. The van der Waals surface area contributed by atoms with Gasteiger partial charge >= 0.3 is 0 Å². The highest BCUT2D eigenvalue weighted by atomic mass is 16.1. The van der Waals surface area contributed by atoms with Gasteiger partial charge in [0.05, 0.1) is 6.54 Å². The highest BCUT2D eigenvalue weighted by Crippen LogP contribution is 2.27. The number of hydrogen-bond acceptors (Lipinski definition) is 4. The zero-order valence-electron chi connectivity index (χ0n) is 36.7. The van der Waals surface area contributed by atoms with Gasteiger partial charge in [-0.25, -0.2) is 4.99 Å². The van der Waals surface area contributed by atoms with Crippen LogP contribution in [0.25, 0.3) is 11.1 Å². The van der Waals surface area contributed by atoms with Crippen LogP contribution in [0.15, 0.2) is 95.0 Å². The van der Waals surface area contributed by atoms with Crippen LogP contribution in [-0.4, -0.2) is 43.0 Å². The van der Waals surface area contributed by atoms with Crippen LogP contribution < -0.4 is 0 Å². The van der Waals surface area contributed by atoms with Crippen molar-refractivity contribution in [2.45, 2.75) is 153 Å². The topological polar surface area (TPSA) is 45.0 Å². The Morgan fingerprint density at radius 2 is 1.26 bits per heavy atom. The molecule has 0 bridgehead atoms. The summed E-state index contributed by atoms with van der Waals surface area (Å²) in [6, 6.07) is 17.2. The lowest BCUT2D eigenvalue weighted by molar-refractivity contribution is -0.116. The van der Waals surface area contributed by atoms with Crippen molar-refractivity contribution in [3.05, 3.63) is 96.1 Å². The molecule has 1 heterocycles. The molecule has 4 nitrogen and oxygen atoms in total. The fourth-order valence-electron chi connectivity index (χ4n) is 5.70. The average Bonchev–Trinajstić information content (AvgIpc) is 3.37. The first-order chi connectivity index (χ1) is 25.6. The van der Waals surface area contributed by atoms with Gasteiger partial charge in [-0.2, -0.15) is 0 Å². The molecule has 298 valence electrons. The van der Waals surface area contributed by atoms with Gasteiger partial charge in [-0.1, -0.05) is 193 Å². The predicted molar refractivity (Wildman–Crippen MR) is 241 cm³/mol. The van der Waals surface area contributed by atoms with E-state index < -0.39 is 0 Å². The Morgan fingerprint density at radius 3 is 1.72 bits per heavy atom. The number of hydrogen-bond donors (Lipinski definition) is 0. The summed E-state index contributed by atoms with van der Waals surface area (Å²) in [5, 5.41) is 0. The molecular formula is C49H81N3O. The Bertz CT molecular complexity index is 1290.